The maximum atomic E-state index is 12.9. The molecule has 0 unspecified atom stereocenters. The van der Waals surface area contributed by atoms with Gasteiger partial charge >= 0.3 is 0 Å². The van der Waals surface area contributed by atoms with Gasteiger partial charge in [0.15, 0.2) is 0 Å². The van der Waals surface area contributed by atoms with E-state index in [0.29, 0.717) is 23.9 Å². The number of nitrogens with one attached hydrogen (secondary N) is 1. The fraction of sp³-hybridized carbons (Fsp3) is 0.125. The minimum atomic E-state index is -0.667. The Labute approximate surface area is 173 Å². The first-order valence-corrected chi connectivity index (χ1v) is 9.65. The molecule has 1 amide bonds. The van der Waals surface area contributed by atoms with Crippen molar-refractivity contribution in [2.24, 2.45) is 0 Å². The molecule has 1 aromatic heterocycles. The Morgan fingerprint density at radius 2 is 1.83 bits per heavy atom. The van der Waals surface area contributed by atoms with Gasteiger partial charge in [0, 0.05) is 12.1 Å². The Hall–Kier alpha value is -3.77. The minimum Gasteiger partial charge on any atom is -0.298 e. The molecular weight excluding hydrogens is 378 g/mol. The molecule has 0 spiro atoms. The predicted octanol–water partition coefficient (Wildman–Crippen LogP) is 3.73. The van der Waals surface area contributed by atoms with Crippen LogP contribution in [0.4, 0.5) is 0 Å². The molecular formula is C24H21N3O3. The van der Waals surface area contributed by atoms with E-state index in [0.717, 1.165) is 16.7 Å². The van der Waals surface area contributed by atoms with Gasteiger partial charge in [-0.25, -0.2) is 10.5 Å². The summed E-state index contributed by atoms with van der Waals surface area (Å²) in [6.07, 6.45) is 2.20. The molecule has 0 atom stereocenters. The average molecular weight is 399 g/mol. The zero-order chi connectivity index (χ0) is 21.1. The normalized spacial score (nSPS) is 10.9. The molecule has 4 rings (SSSR count). The number of carbonyl (C=O) groups excluding carboxylic acids is 1. The van der Waals surface area contributed by atoms with Gasteiger partial charge in [0.25, 0.3) is 11.5 Å². The quantitative estimate of drug-likeness (QED) is 0.396. The molecule has 4 aromatic rings. The lowest BCUT2D eigenvalue weighted by atomic mass is 10.0. The number of amides is 1. The third-order valence-electron chi connectivity index (χ3n) is 5.14. The van der Waals surface area contributed by atoms with Gasteiger partial charge in [-0.05, 0) is 48.2 Å². The number of benzene rings is 3. The molecule has 3 aromatic carbocycles. The number of rotatable bonds is 5. The summed E-state index contributed by atoms with van der Waals surface area (Å²) >= 11 is 0. The molecule has 0 saturated carbocycles. The number of aromatic nitrogens is 2. The van der Waals surface area contributed by atoms with Crippen molar-refractivity contribution in [1.82, 2.24) is 15.0 Å². The van der Waals surface area contributed by atoms with Crippen LogP contribution in [0.15, 0.2) is 77.9 Å². The van der Waals surface area contributed by atoms with Crippen LogP contribution in [0.25, 0.3) is 22.0 Å². The number of hydrogen-bond acceptors (Lipinski definition) is 4. The number of fused-ring (bicyclic) bond motifs is 1. The van der Waals surface area contributed by atoms with E-state index in [9.17, 15) is 9.59 Å². The summed E-state index contributed by atoms with van der Waals surface area (Å²) in [5.74, 6) is -0.667. The van der Waals surface area contributed by atoms with Gasteiger partial charge in [-0.15, -0.1) is 0 Å². The summed E-state index contributed by atoms with van der Waals surface area (Å²) in [4.78, 5) is 28.8. The maximum absolute atomic E-state index is 12.9. The van der Waals surface area contributed by atoms with Crippen molar-refractivity contribution in [2.75, 3.05) is 0 Å². The number of hydrogen-bond donors (Lipinski definition) is 2. The minimum absolute atomic E-state index is 0.201. The van der Waals surface area contributed by atoms with Crippen molar-refractivity contribution in [2.45, 2.75) is 19.9 Å². The Kier molecular flexibility index (Phi) is 5.41. The highest BCUT2D eigenvalue weighted by molar-refractivity contribution is 5.97. The zero-order valence-electron chi connectivity index (χ0n) is 16.5. The number of aryl methyl sites for hydroxylation is 3. The number of carbonyl (C=O) groups is 1. The molecule has 0 bridgehead atoms. The van der Waals surface area contributed by atoms with Crippen molar-refractivity contribution in [3.8, 4) is 11.1 Å². The zero-order valence-corrected chi connectivity index (χ0v) is 16.5. The van der Waals surface area contributed by atoms with Crippen LogP contribution in [0, 0.1) is 6.92 Å². The van der Waals surface area contributed by atoms with Crippen LogP contribution < -0.4 is 11.0 Å². The molecule has 6 heteroatoms. The van der Waals surface area contributed by atoms with Crippen LogP contribution >= 0.6 is 0 Å². The molecule has 0 aliphatic rings. The number of hydroxylamine groups is 1. The van der Waals surface area contributed by atoms with Gasteiger partial charge in [0.2, 0.25) is 0 Å². The summed E-state index contributed by atoms with van der Waals surface area (Å²) in [7, 11) is 0. The monoisotopic (exact) mass is 399 g/mol. The topological polar surface area (TPSA) is 84.2 Å². The van der Waals surface area contributed by atoms with E-state index in [1.807, 2.05) is 12.1 Å². The summed E-state index contributed by atoms with van der Waals surface area (Å²) < 4.78 is 1.54. The predicted molar refractivity (Wildman–Crippen MR) is 116 cm³/mol. The van der Waals surface area contributed by atoms with E-state index >= 15 is 0 Å². The Morgan fingerprint density at radius 1 is 1.03 bits per heavy atom. The van der Waals surface area contributed by atoms with Gasteiger partial charge in [0.05, 0.1) is 17.2 Å². The van der Waals surface area contributed by atoms with Crippen molar-refractivity contribution in [3.05, 3.63) is 100 Å². The third-order valence-corrected chi connectivity index (χ3v) is 5.14. The van der Waals surface area contributed by atoms with Gasteiger partial charge in [0.1, 0.15) is 0 Å². The Bertz CT molecular complexity index is 1280. The van der Waals surface area contributed by atoms with Crippen LogP contribution in [-0.2, 0) is 13.0 Å². The lowest BCUT2D eigenvalue weighted by Crippen LogP contribution is -2.23. The highest BCUT2D eigenvalue weighted by atomic mass is 16.5. The highest BCUT2D eigenvalue weighted by Crippen LogP contribution is 2.21. The molecule has 150 valence electrons. The first kappa shape index (κ1) is 19.5. The third kappa shape index (κ3) is 3.99. The summed E-state index contributed by atoms with van der Waals surface area (Å²) in [5.41, 5.74) is 6.70. The lowest BCUT2D eigenvalue weighted by molar-refractivity contribution is 0.0706. The van der Waals surface area contributed by atoms with Crippen molar-refractivity contribution < 1.29 is 10.0 Å². The first-order valence-electron chi connectivity index (χ1n) is 9.65. The summed E-state index contributed by atoms with van der Waals surface area (Å²) in [6.45, 7) is 2.53. The number of nitrogens with zero attached hydrogens (tertiary/aromatic N) is 2. The van der Waals surface area contributed by atoms with Crippen molar-refractivity contribution >= 4 is 16.8 Å². The van der Waals surface area contributed by atoms with E-state index in [1.54, 1.807) is 16.1 Å². The van der Waals surface area contributed by atoms with Crippen LogP contribution in [0.3, 0.4) is 0 Å². The van der Waals surface area contributed by atoms with Crippen LogP contribution in [0.1, 0.15) is 21.5 Å². The molecule has 0 aliphatic heterocycles. The van der Waals surface area contributed by atoms with Gasteiger partial charge in [-0.1, -0.05) is 54.1 Å². The van der Waals surface area contributed by atoms with Gasteiger partial charge in [-0.3, -0.25) is 19.4 Å². The molecule has 0 aliphatic carbocycles. The lowest BCUT2D eigenvalue weighted by Gasteiger charge is -2.09. The first-order chi connectivity index (χ1) is 14.5. The van der Waals surface area contributed by atoms with E-state index < -0.39 is 5.91 Å². The molecule has 0 saturated heterocycles. The van der Waals surface area contributed by atoms with E-state index in [1.165, 1.54) is 24.0 Å². The van der Waals surface area contributed by atoms with E-state index in [2.05, 4.69) is 48.3 Å². The van der Waals surface area contributed by atoms with Crippen LogP contribution in [0.2, 0.25) is 0 Å². The van der Waals surface area contributed by atoms with Crippen molar-refractivity contribution in [1.29, 1.82) is 0 Å². The summed E-state index contributed by atoms with van der Waals surface area (Å²) in [5, 5.41) is 9.15. The molecule has 30 heavy (non-hydrogen) atoms. The second-order valence-electron chi connectivity index (χ2n) is 7.23. The van der Waals surface area contributed by atoms with E-state index in [-0.39, 0.29) is 11.1 Å². The SMILES string of the molecule is Cc1ccc(-c2cccc(CCn3cnc4ccc(C(=O)NO)cc4c3=O)c2)cc1. The average Bonchev–Trinajstić information content (AvgIpc) is 2.78. The second-order valence-corrected chi connectivity index (χ2v) is 7.23. The summed E-state index contributed by atoms with van der Waals surface area (Å²) in [6, 6.07) is 21.2. The van der Waals surface area contributed by atoms with Gasteiger partial charge in [-0.2, -0.15) is 0 Å². The molecule has 2 N–H and O–H groups in total. The smallest absolute Gasteiger partial charge is 0.274 e. The highest BCUT2D eigenvalue weighted by Gasteiger charge is 2.10. The standard InChI is InChI=1S/C24H21N3O3/c1-16-5-7-18(8-6-16)19-4-2-3-17(13-19)11-12-27-15-25-22-10-9-20(23(28)26-30)14-21(22)24(27)29/h2-10,13-15,30H,11-12H2,1H3,(H,26,28). The van der Waals surface area contributed by atoms with Gasteiger partial charge < -0.3 is 0 Å². The molecule has 6 nitrogen and oxygen atoms in total. The second kappa shape index (κ2) is 8.31. The maximum Gasteiger partial charge on any atom is 0.274 e. The van der Waals surface area contributed by atoms with Crippen LogP contribution in [-0.4, -0.2) is 20.7 Å². The fourth-order valence-electron chi connectivity index (χ4n) is 3.43. The fourth-order valence-corrected chi connectivity index (χ4v) is 3.43. The molecule has 0 fully saturated rings. The van der Waals surface area contributed by atoms with Crippen molar-refractivity contribution in [3.63, 3.8) is 0 Å². The Morgan fingerprint density at radius 3 is 2.60 bits per heavy atom. The van der Waals surface area contributed by atoms with Crippen LogP contribution in [0.5, 0.6) is 0 Å². The Balaban J connectivity index is 1.58. The largest absolute Gasteiger partial charge is 0.298 e. The molecule has 0 radical (unpaired) electrons. The van der Waals surface area contributed by atoms with E-state index in [4.69, 9.17) is 5.21 Å². The molecule has 1 heterocycles.